The molecule has 1 atom stereocenters. The van der Waals surface area contributed by atoms with Crippen LogP contribution in [0.3, 0.4) is 0 Å². The summed E-state index contributed by atoms with van der Waals surface area (Å²) >= 11 is 0. The van der Waals surface area contributed by atoms with E-state index in [-0.39, 0.29) is 30.1 Å². The summed E-state index contributed by atoms with van der Waals surface area (Å²) in [5, 5.41) is 12.1. The molecule has 5 rings (SSSR count). The third-order valence-electron chi connectivity index (χ3n) is 7.20. The SMILES string of the molecule is CC(C)c1ccc(N2C(=O)CC(N(CCc3c[nH]c4ccccc34)C(=O)c3ccc([N+](=O)[O-])cc3)C2=O)cc1. The molecule has 0 spiro atoms. The van der Waals surface area contributed by atoms with E-state index < -0.39 is 22.8 Å². The van der Waals surface area contributed by atoms with E-state index in [2.05, 4.69) is 18.8 Å². The number of carbonyl (C=O) groups excluding carboxylic acids is 3. The van der Waals surface area contributed by atoms with Gasteiger partial charge in [0.05, 0.1) is 17.0 Å². The summed E-state index contributed by atoms with van der Waals surface area (Å²) in [6.07, 6.45) is 2.19. The van der Waals surface area contributed by atoms with Gasteiger partial charge < -0.3 is 9.88 Å². The van der Waals surface area contributed by atoms with Crippen LogP contribution < -0.4 is 4.90 Å². The van der Waals surface area contributed by atoms with E-state index in [4.69, 9.17) is 0 Å². The molecule has 39 heavy (non-hydrogen) atoms. The number of carbonyl (C=O) groups is 3. The number of hydrogen-bond acceptors (Lipinski definition) is 5. The monoisotopic (exact) mass is 524 g/mol. The summed E-state index contributed by atoms with van der Waals surface area (Å²) in [6.45, 7) is 4.31. The maximum Gasteiger partial charge on any atom is 0.269 e. The lowest BCUT2D eigenvalue weighted by atomic mass is 10.0. The molecule has 3 amide bonds. The predicted octanol–water partition coefficient (Wildman–Crippen LogP) is 5.22. The maximum absolute atomic E-state index is 13.7. The number of non-ortho nitro benzene ring substituents is 1. The molecule has 2 heterocycles. The van der Waals surface area contributed by atoms with Gasteiger partial charge in [-0.15, -0.1) is 0 Å². The number of imide groups is 1. The van der Waals surface area contributed by atoms with Crippen LogP contribution in [0.5, 0.6) is 0 Å². The molecule has 4 aromatic rings. The first-order valence-electron chi connectivity index (χ1n) is 12.8. The lowest BCUT2D eigenvalue weighted by Gasteiger charge is -2.28. The molecule has 1 fully saturated rings. The van der Waals surface area contributed by atoms with Gasteiger partial charge in [-0.2, -0.15) is 0 Å². The van der Waals surface area contributed by atoms with Crippen molar-refractivity contribution in [2.75, 3.05) is 11.4 Å². The Kier molecular flexibility index (Phi) is 6.98. The zero-order chi connectivity index (χ0) is 27.7. The van der Waals surface area contributed by atoms with E-state index in [0.717, 1.165) is 26.9 Å². The molecule has 0 aliphatic carbocycles. The van der Waals surface area contributed by atoms with Crippen LogP contribution in [0.1, 0.15) is 47.7 Å². The number of aromatic amines is 1. The zero-order valence-electron chi connectivity index (χ0n) is 21.7. The molecule has 1 aromatic heterocycles. The highest BCUT2D eigenvalue weighted by molar-refractivity contribution is 6.23. The normalized spacial score (nSPS) is 15.4. The fourth-order valence-electron chi connectivity index (χ4n) is 5.01. The standard InChI is InChI=1S/C30H28N4O5/c1-19(2)20-7-11-23(12-8-20)33-28(35)17-27(30(33)37)32(29(36)21-9-13-24(14-10-21)34(38)39)16-15-22-18-31-26-6-4-3-5-25(22)26/h3-14,18-19,27,31H,15-17H2,1-2H3. The predicted molar refractivity (Wildman–Crippen MR) is 148 cm³/mol. The lowest BCUT2D eigenvalue weighted by Crippen LogP contribution is -2.46. The summed E-state index contributed by atoms with van der Waals surface area (Å²) in [7, 11) is 0. The van der Waals surface area contributed by atoms with Crippen molar-refractivity contribution >= 4 is 40.0 Å². The summed E-state index contributed by atoms with van der Waals surface area (Å²) < 4.78 is 0. The molecule has 1 N–H and O–H groups in total. The number of nitro benzene ring substituents is 1. The average molecular weight is 525 g/mol. The number of benzene rings is 3. The van der Waals surface area contributed by atoms with Crippen molar-refractivity contribution < 1.29 is 19.3 Å². The van der Waals surface area contributed by atoms with Crippen LogP contribution in [0, 0.1) is 10.1 Å². The Balaban J connectivity index is 1.45. The number of nitrogens with zero attached hydrogens (tertiary/aromatic N) is 3. The summed E-state index contributed by atoms with van der Waals surface area (Å²) in [5.41, 5.74) is 3.56. The molecule has 0 radical (unpaired) electrons. The number of aromatic nitrogens is 1. The highest BCUT2D eigenvalue weighted by Crippen LogP contribution is 2.29. The van der Waals surface area contributed by atoms with E-state index in [9.17, 15) is 24.5 Å². The number of H-pyrrole nitrogens is 1. The second kappa shape index (κ2) is 10.5. The number of anilines is 1. The number of fused-ring (bicyclic) bond motifs is 1. The van der Waals surface area contributed by atoms with E-state index in [1.807, 2.05) is 42.6 Å². The minimum Gasteiger partial charge on any atom is -0.361 e. The summed E-state index contributed by atoms with van der Waals surface area (Å²) in [4.78, 5) is 56.8. The van der Waals surface area contributed by atoms with Crippen LogP contribution in [0.4, 0.5) is 11.4 Å². The lowest BCUT2D eigenvalue weighted by molar-refractivity contribution is -0.384. The number of hydrogen-bond donors (Lipinski definition) is 1. The second-order valence-electron chi connectivity index (χ2n) is 9.95. The zero-order valence-corrected chi connectivity index (χ0v) is 21.7. The Morgan fingerprint density at radius 3 is 2.41 bits per heavy atom. The maximum atomic E-state index is 13.7. The Morgan fingerprint density at radius 1 is 1.05 bits per heavy atom. The van der Waals surface area contributed by atoms with Crippen molar-refractivity contribution in [2.24, 2.45) is 0 Å². The molecule has 1 aliphatic heterocycles. The van der Waals surface area contributed by atoms with Gasteiger partial charge >= 0.3 is 0 Å². The highest BCUT2D eigenvalue weighted by Gasteiger charge is 2.44. The van der Waals surface area contributed by atoms with Crippen LogP contribution in [-0.2, 0) is 16.0 Å². The van der Waals surface area contributed by atoms with E-state index >= 15 is 0 Å². The Labute approximate surface area is 225 Å². The molecule has 3 aromatic carbocycles. The van der Waals surface area contributed by atoms with Gasteiger partial charge in [-0.1, -0.05) is 44.2 Å². The fourth-order valence-corrected chi connectivity index (χ4v) is 5.01. The molecule has 198 valence electrons. The van der Waals surface area contributed by atoms with Crippen LogP contribution in [0.2, 0.25) is 0 Å². The molecular formula is C30H28N4O5. The Hall–Kier alpha value is -4.79. The number of para-hydroxylation sites is 1. The minimum atomic E-state index is -0.991. The molecule has 9 nitrogen and oxygen atoms in total. The fraction of sp³-hybridized carbons (Fsp3) is 0.233. The van der Waals surface area contributed by atoms with E-state index in [1.54, 1.807) is 12.1 Å². The van der Waals surface area contributed by atoms with Crippen molar-refractivity contribution in [3.8, 4) is 0 Å². The quantitative estimate of drug-likeness (QED) is 0.193. The summed E-state index contributed by atoms with van der Waals surface area (Å²) in [6, 6.07) is 19.4. The van der Waals surface area contributed by atoms with Gasteiger partial charge in [-0.05, 0) is 53.8 Å². The first kappa shape index (κ1) is 25.8. The van der Waals surface area contributed by atoms with Crippen LogP contribution >= 0.6 is 0 Å². The third kappa shape index (κ3) is 5.03. The third-order valence-corrected chi connectivity index (χ3v) is 7.20. The van der Waals surface area contributed by atoms with E-state index in [0.29, 0.717) is 18.0 Å². The molecule has 1 aliphatic rings. The van der Waals surface area contributed by atoms with Gasteiger partial charge in [-0.3, -0.25) is 24.5 Å². The van der Waals surface area contributed by atoms with Gasteiger partial charge in [0, 0.05) is 41.3 Å². The smallest absolute Gasteiger partial charge is 0.269 e. The van der Waals surface area contributed by atoms with Gasteiger partial charge in [0.15, 0.2) is 0 Å². The largest absolute Gasteiger partial charge is 0.361 e. The molecule has 1 saturated heterocycles. The Bertz CT molecular complexity index is 1560. The van der Waals surface area contributed by atoms with Crippen molar-refractivity contribution in [3.63, 3.8) is 0 Å². The molecular weight excluding hydrogens is 496 g/mol. The summed E-state index contributed by atoms with van der Waals surface area (Å²) in [5.74, 6) is -1.01. The van der Waals surface area contributed by atoms with Crippen molar-refractivity contribution in [1.29, 1.82) is 0 Å². The highest BCUT2D eigenvalue weighted by atomic mass is 16.6. The number of amides is 3. The van der Waals surface area contributed by atoms with Crippen LogP contribution in [0.25, 0.3) is 10.9 Å². The number of rotatable bonds is 8. The molecule has 1 unspecified atom stereocenters. The van der Waals surface area contributed by atoms with Gasteiger partial charge in [-0.25, -0.2) is 4.90 Å². The number of nitrogens with one attached hydrogen (secondary N) is 1. The first-order chi connectivity index (χ1) is 18.7. The molecule has 0 bridgehead atoms. The average Bonchev–Trinajstić information content (AvgIpc) is 3.48. The topological polar surface area (TPSA) is 117 Å². The molecule has 9 heteroatoms. The van der Waals surface area contributed by atoms with Crippen LogP contribution in [-0.4, -0.2) is 45.1 Å². The number of nitro groups is 1. The molecule has 0 saturated carbocycles. The van der Waals surface area contributed by atoms with Crippen LogP contribution in [0.15, 0.2) is 79.0 Å². The van der Waals surface area contributed by atoms with E-state index in [1.165, 1.54) is 29.2 Å². The van der Waals surface area contributed by atoms with Gasteiger partial charge in [0.2, 0.25) is 5.91 Å². The second-order valence-corrected chi connectivity index (χ2v) is 9.95. The first-order valence-corrected chi connectivity index (χ1v) is 12.8. The minimum absolute atomic E-state index is 0.139. The van der Waals surface area contributed by atoms with Crippen molar-refractivity contribution in [1.82, 2.24) is 9.88 Å². The van der Waals surface area contributed by atoms with Crippen molar-refractivity contribution in [2.45, 2.75) is 38.6 Å². The Morgan fingerprint density at radius 2 is 1.74 bits per heavy atom. The van der Waals surface area contributed by atoms with Crippen molar-refractivity contribution in [3.05, 3.63) is 106 Å². The van der Waals surface area contributed by atoms with Gasteiger partial charge in [0.25, 0.3) is 17.5 Å². The van der Waals surface area contributed by atoms with Gasteiger partial charge in [0.1, 0.15) is 6.04 Å².